The predicted molar refractivity (Wildman–Crippen MR) is 73.9 cm³/mol. The topological polar surface area (TPSA) is 50.4 Å². The van der Waals surface area contributed by atoms with Crippen LogP contribution in [0, 0.1) is 13.8 Å². The van der Waals surface area contributed by atoms with E-state index in [1.807, 2.05) is 25.6 Å². The fourth-order valence-corrected chi connectivity index (χ4v) is 4.01. The van der Waals surface area contributed by atoms with Gasteiger partial charge in [-0.05, 0) is 26.7 Å². The third kappa shape index (κ3) is 2.16. The summed E-state index contributed by atoms with van der Waals surface area (Å²) in [5, 5.41) is 8.68. The normalized spacial score (nSPS) is 24.0. The van der Waals surface area contributed by atoms with Gasteiger partial charge >= 0.3 is 0 Å². The Hall–Kier alpha value is -0.970. The second-order valence-electron chi connectivity index (χ2n) is 5.33. The van der Waals surface area contributed by atoms with Gasteiger partial charge in [0.2, 0.25) is 0 Å². The summed E-state index contributed by atoms with van der Waals surface area (Å²) in [7, 11) is 0. The zero-order valence-corrected chi connectivity index (χ0v) is 11.8. The summed E-state index contributed by atoms with van der Waals surface area (Å²) in [6, 6.07) is 0. The van der Waals surface area contributed by atoms with Crippen LogP contribution < -0.4 is 5.32 Å². The van der Waals surface area contributed by atoms with Crippen LogP contribution in [0.5, 0.6) is 0 Å². The summed E-state index contributed by atoms with van der Waals surface area (Å²) < 4.78 is 5.16. The Morgan fingerprint density at radius 3 is 2.83 bits per heavy atom. The molecule has 0 bridgehead atoms. The summed E-state index contributed by atoms with van der Waals surface area (Å²) in [5.74, 6) is 2.06. The summed E-state index contributed by atoms with van der Waals surface area (Å²) in [6.45, 7) is 4.59. The van der Waals surface area contributed by atoms with Gasteiger partial charge in [0.15, 0.2) is 5.17 Å². The molecule has 1 aliphatic carbocycles. The lowest BCUT2D eigenvalue weighted by atomic mass is 10.0. The van der Waals surface area contributed by atoms with Gasteiger partial charge in [0.05, 0.1) is 12.2 Å². The maximum atomic E-state index is 5.16. The van der Waals surface area contributed by atoms with Crippen molar-refractivity contribution in [1.82, 2.24) is 10.5 Å². The van der Waals surface area contributed by atoms with Crippen molar-refractivity contribution >= 4 is 16.9 Å². The van der Waals surface area contributed by atoms with E-state index in [1.54, 1.807) is 0 Å². The molecule has 1 aliphatic heterocycles. The average Bonchev–Trinajstić information content (AvgIpc) is 3.04. The number of aryl methyl sites for hydroxylation is 2. The number of hydrogen-bond donors (Lipinski definition) is 1. The van der Waals surface area contributed by atoms with Crippen molar-refractivity contribution < 1.29 is 4.52 Å². The SMILES string of the molecule is Cc1noc(C)c1CN=C1NC2(CCCC2)CS1. The van der Waals surface area contributed by atoms with Crippen LogP contribution >= 0.6 is 11.8 Å². The summed E-state index contributed by atoms with van der Waals surface area (Å²) in [5.41, 5.74) is 2.43. The largest absolute Gasteiger partial charge is 0.361 e. The Balaban J connectivity index is 1.68. The first kappa shape index (κ1) is 12.1. The third-order valence-corrected chi connectivity index (χ3v) is 5.18. The number of thioether (sulfide) groups is 1. The van der Waals surface area contributed by atoms with Crippen molar-refractivity contribution in [2.24, 2.45) is 4.99 Å². The molecular formula is C13H19N3OS. The molecule has 0 atom stereocenters. The minimum atomic E-state index is 0.349. The predicted octanol–water partition coefficient (Wildman–Crippen LogP) is 2.80. The monoisotopic (exact) mass is 265 g/mol. The first-order chi connectivity index (χ1) is 8.69. The van der Waals surface area contributed by atoms with Crippen LogP contribution in [0.2, 0.25) is 0 Å². The number of rotatable bonds is 2. The Morgan fingerprint density at radius 1 is 1.39 bits per heavy atom. The lowest BCUT2D eigenvalue weighted by Gasteiger charge is -2.21. The fraction of sp³-hybridized carbons (Fsp3) is 0.692. The smallest absolute Gasteiger partial charge is 0.157 e. The van der Waals surface area contributed by atoms with Crippen molar-refractivity contribution in [3.63, 3.8) is 0 Å². The third-order valence-electron chi connectivity index (χ3n) is 3.98. The van der Waals surface area contributed by atoms with Crippen LogP contribution in [-0.4, -0.2) is 21.6 Å². The summed E-state index contributed by atoms with van der Waals surface area (Å²) in [6.07, 6.45) is 5.30. The van der Waals surface area contributed by atoms with Gasteiger partial charge in [-0.2, -0.15) is 0 Å². The molecule has 3 rings (SSSR count). The van der Waals surface area contributed by atoms with E-state index in [1.165, 1.54) is 31.4 Å². The highest BCUT2D eigenvalue weighted by molar-refractivity contribution is 8.14. The molecule has 1 saturated carbocycles. The van der Waals surface area contributed by atoms with Crippen LogP contribution in [0.1, 0.15) is 42.7 Å². The maximum absolute atomic E-state index is 5.16. The van der Waals surface area contributed by atoms with Crippen molar-refractivity contribution in [3.8, 4) is 0 Å². The van der Waals surface area contributed by atoms with Crippen LogP contribution in [0.25, 0.3) is 0 Å². The molecule has 5 heteroatoms. The van der Waals surface area contributed by atoms with E-state index in [0.29, 0.717) is 12.1 Å². The fourth-order valence-electron chi connectivity index (χ4n) is 2.79. The van der Waals surface area contributed by atoms with E-state index in [4.69, 9.17) is 4.52 Å². The number of aromatic nitrogens is 1. The van der Waals surface area contributed by atoms with Gasteiger partial charge in [-0.3, -0.25) is 4.99 Å². The van der Waals surface area contributed by atoms with Gasteiger partial charge in [0.25, 0.3) is 0 Å². The quantitative estimate of drug-likeness (QED) is 0.893. The first-order valence-electron chi connectivity index (χ1n) is 6.56. The highest BCUT2D eigenvalue weighted by Gasteiger charge is 2.39. The molecule has 1 saturated heterocycles. The number of amidine groups is 1. The van der Waals surface area contributed by atoms with Gasteiger partial charge in [0.1, 0.15) is 5.76 Å². The number of hydrogen-bond acceptors (Lipinski definition) is 4. The van der Waals surface area contributed by atoms with Crippen molar-refractivity contribution in [2.45, 2.75) is 51.6 Å². The molecule has 1 aromatic heterocycles. The summed E-state index contributed by atoms with van der Waals surface area (Å²) >= 11 is 1.86. The van der Waals surface area contributed by atoms with Gasteiger partial charge in [0, 0.05) is 16.9 Å². The van der Waals surface area contributed by atoms with E-state index in [0.717, 1.165) is 22.2 Å². The standard InChI is InChI=1S/C13H19N3OS/c1-9-11(10(2)17-16-9)7-14-12-15-13(8-18-12)5-3-4-6-13/h3-8H2,1-2H3,(H,14,15). The number of nitrogens with zero attached hydrogens (tertiary/aromatic N) is 2. The van der Waals surface area contributed by atoms with Crippen LogP contribution in [0.4, 0.5) is 0 Å². The number of aliphatic imine (C=N–C) groups is 1. The lowest BCUT2D eigenvalue weighted by molar-refractivity contribution is 0.392. The number of nitrogens with one attached hydrogen (secondary N) is 1. The Kier molecular flexibility index (Phi) is 3.09. The molecule has 2 fully saturated rings. The lowest BCUT2D eigenvalue weighted by Crippen LogP contribution is -2.40. The molecule has 0 aromatic carbocycles. The van der Waals surface area contributed by atoms with E-state index in [-0.39, 0.29) is 0 Å². The second-order valence-corrected chi connectivity index (χ2v) is 6.29. The molecule has 2 aliphatic rings. The van der Waals surface area contributed by atoms with E-state index < -0.39 is 0 Å². The average molecular weight is 265 g/mol. The highest BCUT2D eigenvalue weighted by atomic mass is 32.2. The molecule has 0 amide bonds. The Labute approximate surface area is 112 Å². The maximum Gasteiger partial charge on any atom is 0.157 e. The Morgan fingerprint density at radius 2 is 2.17 bits per heavy atom. The minimum absolute atomic E-state index is 0.349. The molecule has 18 heavy (non-hydrogen) atoms. The zero-order chi connectivity index (χ0) is 12.6. The van der Waals surface area contributed by atoms with Gasteiger partial charge in [-0.25, -0.2) is 0 Å². The molecule has 98 valence electrons. The van der Waals surface area contributed by atoms with Crippen molar-refractivity contribution in [1.29, 1.82) is 0 Å². The van der Waals surface area contributed by atoms with Crippen LogP contribution in [0.3, 0.4) is 0 Å². The van der Waals surface area contributed by atoms with Crippen LogP contribution in [0.15, 0.2) is 9.52 Å². The summed E-state index contributed by atoms with van der Waals surface area (Å²) in [4.78, 5) is 4.67. The van der Waals surface area contributed by atoms with Gasteiger partial charge in [-0.15, -0.1) is 0 Å². The van der Waals surface area contributed by atoms with E-state index in [9.17, 15) is 0 Å². The highest BCUT2D eigenvalue weighted by Crippen LogP contribution is 2.37. The van der Waals surface area contributed by atoms with Crippen molar-refractivity contribution in [3.05, 3.63) is 17.0 Å². The zero-order valence-electron chi connectivity index (χ0n) is 11.0. The Bertz CT molecular complexity index is 455. The molecule has 1 N–H and O–H groups in total. The molecule has 2 heterocycles. The molecule has 4 nitrogen and oxygen atoms in total. The second kappa shape index (κ2) is 4.61. The first-order valence-corrected chi connectivity index (χ1v) is 7.54. The molecule has 1 spiro atoms. The molecule has 0 unspecified atom stereocenters. The van der Waals surface area contributed by atoms with Crippen molar-refractivity contribution in [2.75, 3.05) is 5.75 Å². The van der Waals surface area contributed by atoms with Gasteiger partial charge in [-0.1, -0.05) is 29.8 Å². The molecular weight excluding hydrogens is 246 g/mol. The molecule has 0 radical (unpaired) electrons. The van der Waals surface area contributed by atoms with Crippen LogP contribution in [-0.2, 0) is 6.54 Å². The van der Waals surface area contributed by atoms with E-state index >= 15 is 0 Å². The minimum Gasteiger partial charge on any atom is -0.361 e. The van der Waals surface area contributed by atoms with E-state index in [2.05, 4.69) is 15.5 Å². The molecule has 1 aromatic rings. The van der Waals surface area contributed by atoms with Gasteiger partial charge < -0.3 is 9.84 Å².